The summed E-state index contributed by atoms with van der Waals surface area (Å²) in [5.74, 6) is -1.79. The topological polar surface area (TPSA) is 9.23 Å². The fourth-order valence-electron chi connectivity index (χ4n) is 4.24. The second-order valence-electron chi connectivity index (χ2n) is 7.46. The molecule has 0 fully saturated rings. The summed E-state index contributed by atoms with van der Waals surface area (Å²) in [5.41, 5.74) is 0.365. The van der Waals surface area contributed by atoms with Gasteiger partial charge in [0.1, 0.15) is 0 Å². The molecule has 0 bridgehead atoms. The second-order valence-corrected chi connectivity index (χ2v) is 11.4. The molecule has 0 saturated heterocycles. The van der Waals surface area contributed by atoms with Gasteiger partial charge in [0.25, 0.3) is 0 Å². The Bertz CT molecular complexity index is 1040. The van der Waals surface area contributed by atoms with E-state index >= 15 is 4.39 Å². The molecule has 0 aliphatic heterocycles. The third-order valence-corrected chi connectivity index (χ3v) is 10.6. The summed E-state index contributed by atoms with van der Waals surface area (Å²) in [5, 5.41) is 3.46. The molecule has 31 heavy (non-hydrogen) atoms. The predicted octanol–water partition coefficient (Wildman–Crippen LogP) is 5.59. The van der Waals surface area contributed by atoms with Crippen molar-refractivity contribution in [2.24, 2.45) is 0 Å². The van der Waals surface area contributed by atoms with Gasteiger partial charge >= 0.3 is 182 Å². The van der Waals surface area contributed by atoms with Crippen molar-refractivity contribution in [1.82, 2.24) is 0 Å². The Balaban J connectivity index is 1.97. The molecule has 0 radical (unpaired) electrons. The van der Waals surface area contributed by atoms with Crippen molar-refractivity contribution >= 4 is 23.2 Å². The van der Waals surface area contributed by atoms with Crippen LogP contribution in [0.5, 0.6) is 5.75 Å². The zero-order chi connectivity index (χ0) is 21.7. The number of hydrogen-bond donors (Lipinski definition) is 0. The molecule has 158 valence electrons. The molecule has 4 aromatic carbocycles. The average Bonchev–Trinajstić information content (AvgIpc) is 2.83. The van der Waals surface area contributed by atoms with Crippen molar-refractivity contribution in [2.75, 3.05) is 6.61 Å². The molecular formula is C27H25F2OP. The van der Waals surface area contributed by atoms with Crippen molar-refractivity contribution in [1.29, 1.82) is 0 Å². The fraction of sp³-hybridized carbons (Fsp3) is 0.111. The summed E-state index contributed by atoms with van der Waals surface area (Å²) < 4.78 is 35.2. The minimum atomic E-state index is -2.70. The van der Waals surface area contributed by atoms with Gasteiger partial charge < -0.3 is 0 Å². The first kappa shape index (κ1) is 21.2. The molecule has 1 nitrogen and oxygen atoms in total. The number of halogens is 2. The molecule has 0 atom stereocenters. The van der Waals surface area contributed by atoms with Gasteiger partial charge in [0.15, 0.2) is 0 Å². The third kappa shape index (κ3) is 4.11. The molecule has 0 heterocycles. The molecule has 4 heteroatoms. The van der Waals surface area contributed by atoms with Crippen molar-refractivity contribution in [3.05, 3.63) is 120 Å². The van der Waals surface area contributed by atoms with Crippen molar-refractivity contribution in [3.8, 4) is 5.75 Å². The molecule has 4 aromatic rings. The van der Waals surface area contributed by atoms with Crippen LogP contribution < -0.4 is 20.7 Å². The first-order chi connectivity index (χ1) is 15.2. The van der Waals surface area contributed by atoms with Crippen LogP contribution in [0.2, 0.25) is 0 Å². The van der Waals surface area contributed by atoms with Crippen molar-refractivity contribution in [3.63, 3.8) is 0 Å². The third-order valence-electron chi connectivity index (χ3n) is 5.68. The Kier molecular flexibility index (Phi) is 6.44. The zero-order valence-electron chi connectivity index (χ0n) is 17.4. The van der Waals surface area contributed by atoms with Crippen LogP contribution in [0.25, 0.3) is 0 Å². The van der Waals surface area contributed by atoms with Crippen LogP contribution in [0.3, 0.4) is 0 Å². The molecule has 0 aromatic heterocycles. The molecule has 0 spiro atoms. The van der Waals surface area contributed by atoms with E-state index in [2.05, 4.69) is 36.4 Å². The van der Waals surface area contributed by atoms with Crippen LogP contribution in [0, 0.1) is 11.6 Å². The Morgan fingerprint density at radius 1 is 0.613 bits per heavy atom. The Hall–Kier alpha value is -3.03. The van der Waals surface area contributed by atoms with Crippen LogP contribution in [0.4, 0.5) is 8.78 Å². The Morgan fingerprint density at radius 3 is 1.48 bits per heavy atom. The van der Waals surface area contributed by atoms with Gasteiger partial charge in [-0.15, -0.1) is 0 Å². The number of rotatable bonds is 7. The number of ether oxygens (including phenoxy) is 1. The predicted molar refractivity (Wildman–Crippen MR) is 128 cm³/mol. The van der Waals surface area contributed by atoms with E-state index in [1.165, 1.54) is 6.07 Å². The van der Waals surface area contributed by atoms with E-state index in [1.54, 1.807) is 13.0 Å². The van der Waals surface area contributed by atoms with E-state index in [-0.39, 0.29) is 12.4 Å². The summed E-state index contributed by atoms with van der Waals surface area (Å²) in [6.45, 7) is 2.04. The monoisotopic (exact) mass is 434 g/mol. The summed E-state index contributed by atoms with van der Waals surface area (Å²) in [7, 11) is -2.70. The van der Waals surface area contributed by atoms with Gasteiger partial charge in [-0.05, 0) is 0 Å². The molecule has 0 unspecified atom stereocenters. The molecule has 0 amide bonds. The summed E-state index contributed by atoms with van der Waals surface area (Å²) in [4.78, 5) is 0. The molecule has 0 aliphatic carbocycles. The van der Waals surface area contributed by atoms with Crippen LogP contribution in [-0.2, 0) is 6.16 Å². The molecule has 0 aliphatic rings. The number of benzene rings is 4. The van der Waals surface area contributed by atoms with E-state index in [0.29, 0.717) is 11.7 Å². The van der Waals surface area contributed by atoms with Crippen molar-refractivity contribution < 1.29 is 13.5 Å². The van der Waals surface area contributed by atoms with Gasteiger partial charge in [0.05, 0.1) is 0 Å². The van der Waals surface area contributed by atoms with E-state index in [4.69, 9.17) is 4.74 Å². The SMILES string of the molecule is CCOc1ccc(C[PH](c2ccccc2)(c2ccccc2)c2ccccc2)c(F)c1F. The number of hydrogen-bond acceptors (Lipinski definition) is 1. The van der Waals surface area contributed by atoms with Gasteiger partial charge in [-0.3, -0.25) is 0 Å². The van der Waals surface area contributed by atoms with Crippen LogP contribution >= 0.6 is 7.26 Å². The maximum absolute atomic E-state index is 15.2. The molecule has 4 rings (SSSR count). The van der Waals surface area contributed by atoms with Crippen LogP contribution in [-0.4, -0.2) is 6.61 Å². The summed E-state index contributed by atoms with van der Waals surface area (Å²) in [6.07, 6.45) is 0.403. The Morgan fingerprint density at radius 2 is 1.06 bits per heavy atom. The molecule has 0 saturated carbocycles. The van der Waals surface area contributed by atoms with Gasteiger partial charge in [0.2, 0.25) is 0 Å². The standard InChI is InChI=1S/C27H25F2OP/c1-2-30-25-19-18-21(26(28)27(25)29)20-31(22-12-6-3-7-13-22,23-14-8-4-9-15-23)24-16-10-5-11-17-24/h3-19,31H,2,20H2,1H3. The minimum absolute atomic E-state index is 0.0462. The first-order valence-electron chi connectivity index (χ1n) is 10.4. The van der Waals surface area contributed by atoms with Gasteiger partial charge in [0, 0.05) is 0 Å². The van der Waals surface area contributed by atoms with Crippen molar-refractivity contribution in [2.45, 2.75) is 13.1 Å². The average molecular weight is 434 g/mol. The summed E-state index contributed by atoms with van der Waals surface area (Å²) >= 11 is 0. The van der Waals surface area contributed by atoms with Gasteiger partial charge in [-0.25, -0.2) is 0 Å². The molecular weight excluding hydrogens is 409 g/mol. The quantitative estimate of drug-likeness (QED) is 0.345. The first-order valence-corrected chi connectivity index (χ1v) is 12.6. The normalized spacial score (nSPS) is 11.8. The van der Waals surface area contributed by atoms with E-state index < -0.39 is 18.9 Å². The van der Waals surface area contributed by atoms with E-state index in [1.807, 2.05) is 54.6 Å². The summed E-state index contributed by atoms with van der Waals surface area (Å²) in [6, 6.07) is 33.9. The zero-order valence-corrected chi connectivity index (χ0v) is 18.4. The van der Waals surface area contributed by atoms with E-state index in [0.717, 1.165) is 15.9 Å². The molecule has 0 N–H and O–H groups in total. The van der Waals surface area contributed by atoms with Gasteiger partial charge in [-0.1, -0.05) is 0 Å². The fourth-order valence-corrected chi connectivity index (χ4v) is 8.98. The van der Waals surface area contributed by atoms with E-state index in [9.17, 15) is 4.39 Å². The van der Waals surface area contributed by atoms with Crippen LogP contribution in [0.1, 0.15) is 12.5 Å². The second kappa shape index (κ2) is 9.41. The van der Waals surface area contributed by atoms with Gasteiger partial charge in [-0.2, -0.15) is 0 Å². The Labute approximate surface area is 182 Å². The maximum atomic E-state index is 15.2. The van der Waals surface area contributed by atoms with Crippen LogP contribution in [0.15, 0.2) is 103 Å².